The number of nitrogens with zero attached hydrogens (tertiary/aromatic N) is 1. The van der Waals surface area contributed by atoms with Gasteiger partial charge in [-0.2, -0.15) is 5.26 Å². The third kappa shape index (κ3) is 6.44. The van der Waals surface area contributed by atoms with Gasteiger partial charge in [0.1, 0.15) is 0 Å². The molecule has 0 aromatic heterocycles. The number of amides is 1. The van der Waals surface area contributed by atoms with Crippen molar-refractivity contribution < 1.29 is 4.79 Å². The second-order valence-electron chi connectivity index (χ2n) is 3.98. The van der Waals surface area contributed by atoms with Crippen molar-refractivity contribution in [2.24, 2.45) is 5.41 Å². The van der Waals surface area contributed by atoms with Crippen LogP contribution < -0.4 is 10.6 Å². The molecular formula is C10H19N3O. The Balaban J connectivity index is 3.60. The fraction of sp³-hybridized carbons (Fsp3) is 0.800. The minimum atomic E-state index is -0.474. The summed E-state index contributed by atoms with van der Waals surface area (Å²) in [4.78, 5) is 11.2. The van der Waals surface area contributed by atoms with Gasteiger partial charge in [0, 0.05) is 13.0 Å². The number of nitriles is 1. The van der Waals surface area contributed by atoms with E-state index in [0.717, 1.165) is 13.0 Å². The lowest BCUT2D eigenvalue weighted by Gasteiger charge is -2.15. The Morgan fingerprint density at radius 1 is 1.50 bits per heavy atom. The molecule has 0 radical (unpaired) electrons. The van der Waals surface area contributed by atoms with Crippen molar-refractivity contribution in [2.75, 3.05) is 20.1 Å². The molecule has 0 heterocycles. The van der Waals surface area contributed by atoms with Gasteiger partial charge in [0.25, 0.3) is 0 Å². The molecule has 0 aliphatic carbocycles. The van der Waals surface area contributed by atoms with E-state index >= 15 is 0 Å². The highest BCUT2D eigenvalue weighted by atomic mass is 16.1. The van der Waals surface area contributed by atoms with Crippen LogP contribution in [0, 0.1) is 16.7 Å². The summed E-state index contributed by atoms with van der Waals surface area (Å²) in [5.74, 6) is 0.0172. The maximum absolute atomic E-state index is 11.2. The standard InChI is InChI=1S/C10H19N3O/c1-10(2,7-11)8-13-9(14)5-4-6-12-3/h12H,4-6,8H2,1-3H3,(H,13,14). The molecule has 0 fully saturated rings. The summed E-state index contributed by atoms with van der Waals surface area (Å²) in [6.45, 7) is 4.87. The molecule has 0 unspecified atom stereocenters. The molecule has 1 amide bonds. The Labute approximate surface area is 85.7 Å². The highest BCUT2D eigenvalue weighted by molar-refractivity contribution is 5.75. The molecule has 0 saturated heterocycles. The second-order valence-corrected chi connectivity index (χ2v) is 3.98. The van der Waals surface area contributed by atoms with E-state index in [9.17, 15) is 4.79 Å². The Hall–Kier alpha value is -1.08. The quantitative estimate of drug-likeness (QED) is 0.614. The molecule has 14 heavy (non-hydrogen) atoms. The molecule has 0 aliphatic rings. The molecule has 0 bridgehead atoms. The summed E-state index contributed by atoms with van der Waals surface area (Å²) in [6.07, 6.45) is 1.34. The zero-order valence-corrected chi connectivity index (χ0v) is 9.18. The van der Waals surface area contributed by atoms with E-state index < -0.39 is 5.41 Å². The summed E-state index contributed by atoms with van der Waals surface area (Å²) in [5, 5.41) is 14.4. The van der Waals surface area contributed by atoms with Gasteiger partial charge in [0.05, 0.1) is 11.5 Å². The van der Waals surface area contributed by atoms with E-state index in [1.54, 1.807) is 13.8 Å². The number of nitrogens with one attached hydrogen (secondary N) is 2. The number of hydrogen-bond acceptors (Lipinski definition) is 3. The van der Waals surface area contributed by atoms with Gasteiger partial charge in [-0.05, 0) is 33.9 Å². The van der Waals surface area contributed by atoms with Gasteiger partial charge in [0.2, 0.25) is 5.91 Å². The molecule has 4 heteroatoms. The van der Waals surface area contributed by atoms with E-state index in [-0.39, 0.29) is 5.91 Å². The number of carbonyl (C=O) groups excluding carboxylic acids is 1. The molecule has 0 atom stereocenters. The van der Waals surface area contributed by atoms with Crippen LogP contribution in [0.1, 0.15) is 26.7 Å². The third-order valence-corrected chi connectivity index (χ3v) is 1.86. The second kappa shape index (κ2) is 6.39. The van der Waals surface area contributed by atoms with Crippen molar-refractivity contribution in [3.05, 3.63) is 0 Å². The van der Waals surface area contributed by atoms with Gasteiger partial charge in [-0.15, -0.1) is 0 Å². The lowest BCUT2D eigenvalue weighted by Crippen LogP contribution is -2.33. The first-order valence-corrected chi connectivity index (χ1v) is 4.84. The van der Waals surface area contributed by atoms with Crippen molar-refractivity contribution >= 4 is 5.91 Å². The molecule has 80 valence electrons. The van der Waals surface area contributed by atoms with Crippen LogP contribution in [0.15, 0.2) is 0 Å². The molecule has 0 aromatic rings. The largest absolute Gasteiger partial charge is 0.355 e. The van der Waals surface area contributed by atoms with Crippen molar-refractivity contribution in [1.29, 1.82) is 5.26 Å². The lowest BCUT2D eigenvalue weighted by atomic mass is 9.96. The maximum Gasteiger partial charge on any atom is 0.220 e. The third-order valence-electron chi connectivity index (χ3n) is 1.86. The van der Waals surface area contributed by atoms with Crippen molar-refractivity contribution in [1.82, 2.24) is 10.6 Å². The highest BCUT2D eigenvalue weighted by Gasteiger charge is 2.17. The van der Waals surface area contributed by atoms with Crippen molar-refractivity contribution in [3.63, 3.8) is 0 Å². The number of carbonyl (C=O) groups is 1. The molecule has 2 N–H and O–H groups in total. The predicted molar refractivity (Wildman–Crippen MR) is 55.6 cm³/mol. The lowest BCUT2D eigenvalue weighted by molar-refractivity contribution is -0.121. The van der Waals surface area contributed by atoms with Crippen LogP contribution in [0.5, 0.6) is 0 Å². The fourth-order valence-corrected chi connectivity index (χ4v) is 0.873. The summed E-state index contributed by atoms with van der Waals surface area (Å²) < 4.78 is 0. The molecule has 0 aliphatic heterocycles. The average Bonchev–Trinajstić information content (AvgIpc) is 2.16. The minimum Gasteiger partial charge on any atom is -0.355 e. The van der Waals surface area contributed by atoms with Crippen LogP contribution in [0.4, 0.5) is 0 Å². The van der Waals surface area contributed by atoms with Gasteiger partial charge in [-0.3, -0.25) is 4.79 Å². The zero-order chi connectivity index (χ0) is 11.0. The molecule has 4 nitrogen and oxygen atoms in total. The monoisotopic (exact) mass is 197 g/mol. The smallest absolute Gasteiger partial charge is 0.220 e. The highest BCUT2D eigenvalue weighted by Crippen LogP contribution is 2.10. The maximum atomic E-state index is 11.2. The predicted octanol–water partition coefficient (Wildman–Crippen LogP) is 0.652. The molecule has 0 spiro atoms. The van der Waals surface area contributed by atoms with Gasteiger partial charge in [0.15, 0.2) is 0 Å². The Morgan fingerprint density at radius 2 is 2.14 bits per heavy atom. The summed E-state index contributed by atoms with van der Waals surface area (Å²) >= 11 is 0. The van der Waals surface area contributed by atoms with Crippen LogP contribution in [0.25, 0.3) is 0 Å². The fourth-order valence-electron chi connectivity index (χ4n) is 0.873. The minimum absolute atomic E-state index is 0.0172. The number of hydrogen-bond donors (Lipinski definition) is 2. The molecule has 0 aromatic carbocycles. The topological polar surface area (TPSA) is 64.9 Å². The van der Waals surface area contributed by atoms with Gasteiger partial charge in [-0.25, -0.2) is 0 Å². The van der Waals surface area contributed by atoms with Gasteiger partial charge < -0.3 is 10.6 Å². The molecule has 0 saturated carbocycles. The Kier molecular flexibility index (Phi) is 5.89. The van der Waals surface area contributed by atoms with E-state index in [4.69, 9.17) is 5.26 Å². The first-order valence-electron chi connectivity index (χ1n) is 4.84. The molecule has 0 rings (SSSR count). The van der Waals surface area contributed by atoms with Crippen LogP contribution >= 0.6 is 0 Å². The van der Waals surface area contributed by atoms with Gasteiger partial charge >= 0.3 is 0 Å². The SMILES string of the molecule is CNCCCC(=O)NCC(C)(C)C#N. The summed E-state index contributed by atoms with van der Waals surface area (Å²) in [5.41, 5.74) is -0.474. The van der Waals surface area contributed by atoms with Crippen LogP contribution in [-0.4, -0.2) is 26.0 Å². The van der Waals surface area contributed by atoms with Crippen molar-refractivity contribution in [3.8, 4) is 6.07 Å². The van der Waals surface area contributed by atoms with Crippen molar-refractivity contribution in [2.45, 2.75) is 26.7 Å². The van der Waals surface area contributed by atoms with E-state index in [1.165, 1.54) is 0 Å². The summed E-state index contributed by atoms with van der Waals surface area (Å²) in [6, 6.07) is 2.14. The zero-order valence-electron chi connectivity index (χ0n) is 9.18. The Bertz CT molecular complexity index is 218. The van der Waals surface area contributed by atoms with E-state index in [1.807, 2.05) is 7.05 Å². The van der Waals surface area contributed by atoms with Crippen LogP contribution in [0.3, 0.4) is 0 Å². The average molecular weight is 197 g/mol. The van der Waals surface area contributed by atoms with E-state index in [2.05, 4.69) is 16.7 Å². The van der Waals surface area contributed by atoms with Gasteiger partial charge in [-0.1, -0.05) is 0 Å². The number of rotatable bonds is 6. The van der Waals surface area contributed by atoms with Crippen LogP contribution in [-0.2, 0) is 4.79 Å². The first-order chi connectivity index (χ1) is 6.52. The van der Waals surface area contributed by atoms with Crippen LogP contribution in [0.2, 0.25) is 0 Å². The first kappa shape index (κ1) is 12.9. The normalized spacial score (nSPS) is 10.7. The summed E-state index contributed by atoms with van der Waals surface area (Å²) in [7, 11) is 1.86. The van der Waals surface area contributed by atoms with E-state index in [0.29, 0.717) is 13.0 Å². The molecular weight excluding hydrogens is 178 g/mol. The Morgan fingerprint density at radius 3 is 2.64 bits per heavy atom.